The van der Waals surface area contributed by atoms with E-state index in [-0.39, 0.29) is 5.56 Å². The minimum atomic E-state index is -0.454. The average Bonchev–Trinajstić information content (AvgIpc) is 2.94. The van der Waals surface area contributed by atoms with Gasteiger partial charge in [0.25, 0.3) is 0 Å². The molecule has 0 N–H and O–H groups in total. The molecule has 0 radical (unpaired) electrons. The minimum absolute atomic E-state index is 0.0934. The number of halogens is 1. The first kappa shape index (κ1) is 27.3. The van der Waals surface area contributed by atoms with Crippen molar-refractivity contribution in [3.63, 3.8) is 0 Å². The fourth-order valence-corrected chi connectivity index (χ4v) is 6.06. The van der Waals surface area contributed by atoms with Crippen molar-refractivity contribution in [3.05, 3.63) is 84.2 Å². The lowest BCUT2D eigenvalue weighted by molar-refractivity contribution is 0.0214. The van der Waals surface area contributed by atoms with Crippen LogP contribution in [0.2, 0.25) is 0 Å². The molecule has 0 amide bonds. The van der Waals surface area contributed by atoms with E-state index in [9.17, 15) is 4.39 Å². The summed E-state index contributed by atoms with van der Waals surface area (Å²) in [7, 11) is 0. The highest BCUT2D eigenvalue weighted by Gasteiger charge is 2.22. The maximum atomic E-state index is 14.0. The van der Waals surface area contributed by atoms with Gasteiger partial charge in [-0.1, -0.05) is 48.6 Å². The Bertz CT molecular complexity index is 1050. The lowest BCUT2D eigenvalue weighted by Gasteiger charge is -2.29. The smallest absolute Gasteiger partial charge is 0.141 e. The number of hydrogen-bond donors (Lipinski definition) is 0. The van der Waals surface area contributed by atoms with Gasteiger partial charge >= 0.3 is 0 Å². The molecule has 0 atom stereocenters. The summed E-state index contributed by atoms with van der Waals surface area (Å²) in [5.41, 5.74) is 3.31. The van der Waals surface area contributed by atoms with Crippen molar-refractivity contribution >= 4 is 0 Å². The van der Waals surface area contributed by atoms with Crippen molar-refractivity contribution in [2.45, 2.75) is 89.1 Å². The highest BCUT2D eigenvalue weighted by atomic mass is 19.1. The number of unbranched alkanes of at least 4 members (excludes halogenated alkanes) is 1. The van der Waals surface area contributed by atoms with Crippen LogP contribution in [0.1, 0.15) is 94.1 Å². The number of rotatable bonds is 11. The second kappa shape index (κ2) is 14.3. The molecule has 196 valence electrons. The molecule has 0 saturated heterocycles. The van der Waals surface area contributed by atoms with Gasteiger partial charge in [-0.15, -0.1) is 6.58 Å². The third kappa shape index (κ3) is 8.14. The van der Waals surface area contributed by atoms with Gasteiger partial charge in [-0.25, -0.2) is 4.39 Å². The van der Waals surface area contributed by atoms with Crippen molar-refractivity contribution in [2.24, 2.45) is 11.8 Å². The third-order valence-electron chi connectivity index (χ3n) is 8.43. The topological polar surface area (TPSA) is 33.0 Å². The molecule has 3 heteroatoms. The number of allylic oxidation sites excluding steroid dienone is 3. The molecule has 2 nitrogen and oxygen atoms in total. The molecule has 0 heterocycles. The van der Waals surface area contributed by atoms with E-state index >= 15 is 0 Å². The van der Waals surface area contributed by atoms with Crippen LogP contribution >= 0.6 is 0 Å². The van der Waals surface area contributed by atoms with Crippen LogP contribution in [-0.4, -0.2) is 12.7 Å². The number of hydrogen-bond acceptors (Lipinski definition) is 2. The maximum absolute atomic E-state index is 14.0. The fourth-order valence-electron chi connectivity index (χ4n) is 6.06. The van der Waals surface area contributed by atoms with Crippen LogP contribution in [0.4, 0.5) is 4.39 Å². The molecule has 2 aromatic rings. The lowest BCUT2D eigenvalue weighted by atomic mass is 9.77. The van der Waals surface area contributed by atoms with Crippen molar-refractivity contribution in [1.29, 1.82) is 5.26 Å². The van der Waals surface area contributed by atoms with E-state index in [1.807, 2.05) is 18.2 Å². The van der Waals surface area contributed by atoms with Gasteiger partial charge in [-0.05, 0) is 124 Å². The normalized spacial score (nSPS) is 24.1. The Kier molecular flexibility index (Phi) is 10.6. The fraction of sp³-hybridized carbons (Fsp3) is 0.500. The molecule has 0 aliphatic heterocycles. The van der Waals surface area contributed by atoms with Crippen molar-refractivity contribution < 1.29 is 9.13 Å². The molecule has 37 heavy (non-hydrogen) atoms. The molecule has 2 saturated carbocycles. The Morgan fingerprint density at radius 1 is 0.919 bits per heavy atom. The molecule has 2 aliphatic rings. The molecule has 0 spiro atoms. The second-order valence-corrected chi connectivity index (χ2v) is 11.0. The van der Waals surface area contributed by atoms with Crippen molar-refractivity contribution in [2.75, 3.05) is 6.61 Å². The van der Waals surface area contributed by atoms with Gasteiger partial charge in [0.2, 0.25) is 0 Å². The first-order chi connectivity index (χ1) is 18.2. The summed E-state index contributed by atoms with van der Waals surface area (Å²) in [6.45, 7) is 4.65. The molecule has 4 rings (SSSR count). The highest BCUT2D eigenvalue weighted by Crippen LogP contribution is 2.38. The van der Waals surface area contributed by atoms with Crippen LogP contribution in [-0.2, 0) is 4.74 Å². The first-order valence-electron chi connectivity index (χ1n) is 14.4. The first-order valence-corrected chi connectivity index (χ1v) is 14.4. The molecular formula is C34H42FNO. The number of benzene rings is 2. The molecule has 0 aromatic heterocycles. The Hall–Kier alpha value is -2.70. The Labute approximate surface area is 223 Å². The summed E-state index contributed by atoms with van der Waals surface area (Å²) in [5, 5.41) is 8.94. The molecule has 2 aliphatic carbocycles. The van der Waals surface area contributed by atoms with Crippen molar-refractivity contribution in [1.82, 2.24) is 0 Å². The van der Waals surface area contributed by atoms with Crippen LogP contribution in [0.5, 0.6) is 0 Å². The highest BCUT2D eigenvalue weighted by molar-refractivity contribution is 5.65. The standard InChI is InChI=1S/C34H42FNO/c1-2-3-6-23-37-33-21-11-27(12-22-33)8-5-4-7-26-9-13-28(14-10-26)29-15-17-30(18-16-29)31-19-20-32(25-36)34(35)24-31/h2,5,8,15-20,24,26-28,33H,1,3-4,6-7,9-14,21-23H2/b8-5+. The molecule has 2 aromatic carbocycles. The van der Waals surface area contributed by atoms with E-state index in [4.69, 9.17) is 10.00 Å². The van der Waals surface area contributed by atoms with Crippen LogP contribution in [0.3, 0.4) is 0 Å². The second-order valence-electron chi connectivity index (χ2n) is 11.0. The van der Waals surface area contributed by atoms with Gasteiger partial charge in [-0.3, -0.25) is 0 Å². The van der Waals surface area contributed by atoms with E-state index in [2.05, 4.69) is 43.0 Å². The maximum Gasteiger partial charge on any atom is 0.141 e. The van der Waals surface area contributed by atoms with E-state index in [0.717, 1.165) is 42.4 Å². The third-order valence-corrected chi connectivity index (χ3v) is 8.43. The zero-order chi connectivity index (χ0) is 25.9. The Morgan fingerprint density at radius 2 is 1.65 bits per heavy atom. The van der Waals surface area contributed by atoms with Crippen molar-refractivity contribution in [3.8, 4) is 17.2 Å². The Morgan fingerprint density at radius 3 is 2.32 bits per heavy atom. The zero-order valence-electron chi connectivity index (χ0n) is 22.2. The molecular weight excluding hydrogens is 457 g/mol. The summed E-state index contributed by atoms with van der Waals surface area (Å²) in [5.74, 6) is 1.77. The predicted molar refractivity (Wildman–Crippen MR) is 151 cm³/mol. The zero-order valence-corrected chi connectivity index (χ0v) is 22.2. The van der Waals surface area contributed by atoms with Gasteiger partial charge in [0.05, 0.1) is 11.7 Å². The number of nitriles is 1. The van der Waals surface area contributed by atoms with Gasteiger partial charge in [0.1, 0.15) is 11.9 Å². The molecule has 0 unspecified atom stereocenters. The summed E-state index contributed by atoms with van der Waals surface area (Å²) in [6, 6.07) is 15.3. The van der Waals surface area contributed by atoms with Gasteiger partial charge in [0.15, 0.2) is 0 Å². The number of ether oxygens (including phenoxy) is 1. The summed E-state index contributed by atoms with van der Waals surface area (Å²) >= 11 is 0. The summed E-state index contributed by atoms with van der Waals surface area (Å²) in [6.07, 6.45) is 22.2. The van der Waals surface area contributed by atoms with Crippen LogP contribution < -0.4 is 0 Å². The molecule has 0 bridgehead atoms. The van der Waals surface area contributed by atoms with Crippen LogP contribution in [0, 0.1) is 29.0 Å². The van der Waals surface area contributed by atoms with Gasteiger partial charge < -0.3 is 4.74 Å². The average molecular weight is 500 g/mol. The van der Waals surface area contributed by atoms with E-state index < -0.39 is 5.82 Å². The monoisotopic (exact) mass is 499 g/mol. The van der Waals surface area contributed by atoms with Crippen LogP contribution in [0.25, 0.3) is 11.1 Å². The quantitative estimate of drug-likeness (QED) is 0.228. The van der Waals surface area contributed by atoms with Crippen LogP contribution in [0.15, 0.2) is 67.3 Å². The lowest BCUT2D eigenvalue weighted by Crippen LogP contribution is -2.21. The summed E-state index contributed by atoms with van der Waals surface area (Å²) in [4.78, 5) is 0. The van der Waals surface area contributed by atoms with E-state index in [1.165, 1.54) is 75.8 Å². The van der Waals surface area contributed by atoms with Gasteiger partial charge in [-0.2, -0.15) is 5.26 Å². The largest absolute Gasteiger partial charge is 0.378 e. The van der Waals surface area contributed by atoms with E-state index in [0.29, 0.717) is 12.0 Å². The number of nitrogens with zero attached hydrogens (tertiary/aromatic N) is 1. The van der Waals surface area contributed by atoms with Gasteiger partial charge in [0, 0.05) is 6.61 Å². The van der Waals surface area contributed by atoms with E-state index in [1.54, 1.807) is 6.07 Å². The SMILES string of the molecule is C=CCCCOC1CCC(/C=C/CCC2CCC(c3ccc(-c4ccc(C#N)c(F)c4)cc3)CC2)CC1. The minimum Gasteiger partial charge on any atom is -0.378 e. The predicted octanol–water partition coefficient (Wildman–Crippen LogP) is 9.52. The Balaban J connectivity index is 1.14. The summed E-state index contributed by atoms with van der Waals surface area (Å²) < 4.78 is 20.0. The molecule has 2 fully saturated rings.